The van der Waals surface area contributed by atoms with Gasteiger partial charge in [-0.1, -0.05) is 12.1 Å². The summed E-state index contributed by atoms with van der Waals surface area (Å²) in [6.07, 6.45) is 0. The molecule has 7 heteroatoms. The Kier molecular flexibility index (Phi) is 5.73. The number of rotatable bonds is 5. The lowest BCUT2D eigenvalue weighted by atomic mass is 10.2. The van der Waals surface area contributed by atoms with E-state index in [-0.39, 0.29) is 12.4 Å². The lowest BCUT2D eigenvalue weighted by Crippen LogP contribution is -2.34. The van der Waals surface area contributed by atoms with Crippen molar-refractivity contribution in [3.05, 3.63) is 53.8 Å². The molecule has 0 atom stereocenters. The van der Waals surface area contributed by atoms with E-state index in [1.165, 1.54) is 38.5 Å². The zero-order valence-electron chi connectivity index (χ0n) is 13.3. The number of amides is 2. The third-order valence-corrected chi connectivity index (χ3v) is 3.21. The molecule has 6 nitrogen and oxygen atoms in total. The fraction of sp³-hybridized carbons (Fsp3) is 0.176. The predicted molar refractivity (Wildman–Crippen MR) is 86.4 cm³/mol. The number of anilines is 1. The minimum Gasteiger partial charge on any atom is -0.493 e. The highest BCUT2D eigenvalue weighted by Crippen LogP contribution is 2.29. The summed E-state index contributed by atoms with van der Waals surface area (Å²) in [5, 5.41) is 4.93. The van der Waals surface area contributed by atoms with Crippen LogP contribution in [-0.4, -0.2) is 26.0 Å². The molecule has 2 aromatic carbocycles. The van der Waals surface area contributed by atoms with Crippen LogP contribution >= 0.6 is 0 Å². The highest BCUT2D eigenvalue weighted by atomic mass is 19.1. The smallest absolute Gasteiger partial charge is 0.313 e. The third-order valence-electron chi connectivity index (χ3n) is 3.21. The van der Waals surface area contributed by atoms with E-state index >= 15 is 0 Å². The van der Waals surface area contributed by atoms with Gasteiger partial charge >= 0.3 is 11.8 Å². The fourth-order valence-corrected chi connectivity index (χ4v) is 1.97. The van der Waals surface area contributed by atoms with Gasteiger partial charge < -0.3 is 20.1 Å². The first-order valence-electron chi connectivity index (χ1n) is 7.09. The zero-order chi connectivity index (χ0) is 17.5. The number of methoxy groups -OCH3 is 2. The molecule has 2 N–H and O–H groups in total. The molecule has 0 radical (unpaired) electrons. The average Bonchev–Trinajstić information content (AvgIpc) is 2.60. The molecule has 0 aliphatic rings. The number of nitrogens with one attached hydrogen (secondary N) is 2. The minimum atomic E-state index is -0.815. The van der Waals surface area contributed by atoms with E-state index in [0.29, 0.717) is 22.7 Å². The number of carbonyl (C=O) groups excluding carboxylic acids is 2. The van der Waals surface area contributed by atoms with E-state index in [2.05, 4.69) is 10.6 Å². The van der Waals surface area contributed by atoms with Crippen LogP contribution in [0.1, 0.15) is 5.56 Å². The van der Waals surface area contributed by atoms with Crippen LogP contribution < -0.4 is 20.1 Å². The van der Waals surface area contributed by atoms with Crippen molar-refractivity contribution in [1.29, 1.82) is 0 Å². The van der Waals surface area contributed by atoms with Crippen LogP contribution in [0.5, 0.6) is 11.5 Å². The second kappa shape index (κ2) is 7.96. The summed E-state index contributed by atoms with van der Waals surface area (Å²) in [5.74, 6) is -1.03. The molecule has 0 bridgehead atoms. The molecule has 0 spiro atoms. The van der Waals surface area contributed by atoms with Gasteiger partial charge in [0.05, 0.1) is 14.2 Å². The van der Waals surface area contributed by atoms with Crippen molar-refractivity contribution < 1.29 is 23.5 Å². The average molecular weight is 332 g/mol. The van der Waals surface area contributed by atoms with Crippen LogP contribution in [0.2, 0.25) is 0 Å². The summed E-state index contributed by atoms with van der Waals surface area (Å²) in [7, 11) is 2.97. The highest BCUT2D eigenvalue weighted by Gasteiger charge is 2.14. The van der Waals surface area contributed by atoms with Crippen molar-refractivity contribution >= 4 is 17.5 Å². The Balaban J connectivity index is 1.93. The van der Waals surface area contributed by atoms with Crippen LogP contribution in [-0.2, 0) is 16.1 Å². The van der Waals surface area contributed by atoms with Gasteiger partial charge in [0.1, 0.15) is 5.82 Å². The van der Waals surface area contributed by atoms with Gasteiger partial charge in [0.25, 0.3) is 0 Å². The number of hydrogen-bond donors (Lipinski definition) is 2. The maximum atomic E-state index is 12.8. The standard InChI is InChI=1S/C17H17FN2O4/c1-23-14-8-7-13(9-15(14)24-2)20-17(22)16(21)19-10-11-3-5-12(18)6-4-11/h3-9H,10H2,1-2H3,(H,19,21)(H,20,22). The summed E-state index contributed by atoms with van der Waals surface area (Å²) in [4.78, 5) is 23.7. The van der Waals surface area contributed by atoms with Gasteiger partial charge in [-0.3, -0.25) is 9.59 Å². The molecule has 2 rings (SSSR count). The molecule has 2 amide bonds. The Morgan fingerprint density at radius 2 is 1.62 bits per heavy atom. The lowest BCUT2D eigenvalue weighted by Gasteiger charge is -2.10. The Hall–Kier alpha value is -3.09. The first-order chi connectivity index (χ1) is 11.5. The van der Waals surface area contributed by atoms with Gasteiger partial charge in [0.2, 0.25) is 0 Å². The second-order valence-electron chi connectivity index (χ2n) is 4.83. The first kappa shape index (κ1) is 17.3. The van der Waals surface area contributed by atoms with E-state index in [1.54, 1.807) is 18.2 Å². The lowest BCUT2D eigenvalue weighted by molar-refractivity contribution is -0.136. The topological polar surface area (TPSA) is 76.7 Å². The molecule has 0 aliphatic carbocycles. The summed E-state index contributed by atoms with van der Waals surface area (Å²) in [5.41, 5.74) is 1.08. The van der Waals surface area contributed by atoms with Gasteiger partial charge in [-0.15, -0.1) is 0 Å². The molecule has 0 fully saturated rings. The van der Waals surface area contributed by atoms with Crippen molar-refractivity contribution in [1.82, 2.24) is 5.32 Å². The molecule has 2 aromatic rings. The molecule has 0 saturated carbocycles. The van der Waals surface area contributed by atoms with E-state index < -0.39 is 11.8 Å². The van der Waals surface area contributed by atoms with Crippen LogP contribution in [0, 0.1) is 5.82 Å². The van der Waals surface area contributed by atoms with Gasteiger partial charge in [-0.05, 0) is 29.8 Å². The van der Waals surface area contributed by atoms with Crippen molar-refractivity contribution in [2.24, 2.45) is 0 Å². The molecule has 126 valence electrons. The molecule has 0 aliphatic heterocycles. The van der Waals surface area contributed by atoms with Gasteiger partial charge in [-0.2, -0.15) is 0 Å². The number of benzene rings is 2. The largest absolute Gasteiger partial charge is 0.493 e. The quantitative estimate of drug-likeness (QED) is 0.822. The summed E-state index contributed by atoms with van der Waals surface area (Å²) in [6.45, 7) is 0.123. The van der Waals surface area contributed by atoms with Gasteiger partial charge in [-0.25, -0.2) is 4.39 Å². The molecule has 0 unspecified atom stereocenters. The minimum absolute atomic E-state index is 0.123. The van der Waals surface area contributed by atoms with Crippen molar-refractivity contribution in [2.45, 2.75) is 6.54 Å². The van der Waals surface area contributed by atoms with E-state index in [0.717, 1.165) is 0 Å². The maximum Gasteiger partial charge on any atom is 0.313 e. The summed E-state index contributed by atoms with van der Waals surface area (Å²) < 4.78 is 23.0. The Morgan fingerprint density at radius 1 is 0.958 bits per heavy atom. The Labute approximate surface area is 138 Å². The predicted octanol–water partition coefficient (Wildman–Crippen LogP) is 2.10. The van der Waals surface area contributed by atoms with E-state index in [9.17, 15) is 14.0 Å². The normalized spacial score (nSPS) is 9.96. The third kappa shape index (κ3) is 4.45. The van der Waals surface area contributed by atoms with Crippen LogP contribution in [0.15, 0.2) is 42.5 Å². The van der Waals surface area contributed by atoms with Crippen molar-refractivity contribution in [2.75, 3.05) is 19.5 Å². The highest BCUT2D eigenvalue weighted by molar-refractivity contribution is 6.39. The van der Waals surface area contributed by atoms with E-state index in [1.807, 2.05) is 0 Å². The Morgan fingerprint density at radius 3 is 2.25 bits per heavy atom. The second-order valence-corrected chi connectivity index (χ2v) is 4.83. The summed E-state index contributed by atoms with van der Waals surface area (Å²) >= 11 is 0. The summed E-state index contributed by atoms with van der Waals surface area (Å²) in [6, 6.07) is 10.4. The van der Waals surface area contributed by atoms with Gasteiger partial charge in [0.15, 0.2) is 11.5 Å². The molecular weight excluding hydrogens is 315 g/mol. The van der Waals surface area contributed by atoms with Crippen molar-refractivity contribution in [3.8, 4) is 11.5 Å². The zero-order valence-corrected chi connectivity index (χ0v) is 13.3. The Bertz CT molecular complexity index is 732. The van der Waals surface area contributed by atoms with Crippen LogP contribution in [0.25, 0.3) is 0 Å². The number of carbonyl (C=O) groups is 2. The number of ether oxygens (including phenoxy) is 2. The molecule has 0 heterocycles. The van der Waals surface area contributed by atoms with Crippen molar-refractivity contribution in [3.63, 3.8) is 0 Å². The number of hydrogen-bond acceptors (Lipinski definition) is 4. The van der Waals surface area contributed by atoms with Crippen LogP contribution in [0.4, 0.5) is 10.1 Å². The van der Waals surface area contributed by atoms with Gasteiger partial charge in [0, 0.05) is 18.3 Å². The molecule has 0 aromatic heterocycles. The SMILES string of the molecule is COc1ccc(NC(=O)C(=O)NCc2ccc(F)cc2)cc1OC. The fourth-order valence-electron chi connectivity index (χ4n) is 1.97. The van der Waals surface area contributed by atoms with E-state index in [4.69, 9.17) is 9.47 Å². The molecular formula is C17H17FN2O4. The maximum absolute atomic E-state index is 12.8. The first-order valence-corrected chi connectivity index (χ1v) is 7.09. The molecule has 24 heavy (non-hydrogen) atoms. The number of halogens is 1. The molecule has 0 saturated heterocycles. The van der Waals surface area contributed by atoms with Crippen LogP contribution in [0.3, 0.4) is 0 Å². The monoisotopic (exact) mass is 332 g/mol.